The standard InChI is InChI=1S/C9H9NS2/c11-8-5-4-7-3-1-2-6-10(7)9(8)12/h1-3,6H,4-5H2,(H-,11,12)/p+1. The molecule has 1 nitrogen and oxygen atoms in total. The van der Waals surface area contributed by atoms with E-state index in [4.69, 9.17) is 0 Å². The van der Waals surface area contributed by atoms with Crippen molar-refractivity contribution in [2.75, 3.05) is 0 Å². The van der Waals surface area contributed by atoms with Crippen LogP contribution in [0.3, 0.4) is 0 Å². The lowest BCUT2D eigenvalue weighted by Gasteiger charge is -2.09. The maximum absolute atomic E-state index is 4.40. The Bertz CT molecular complexity index is 344. The topological polar surface area (TPSA) is 3.88 Å². The third-order valence-corrected chi connectivity index (χ3v) is 3.15. The third kappa shape index (κ3) is 1.27. The SMILES string of the molecule is SC1=C(S)[n+]2ccccc2CC1. The van der Waals surface area contributed by atoms with Crippen molar-refractivity contribution in [3.63, 3.8) is 0 Å². The van der Waals surface area contributed by atoms with Crippen LogP contribution < -0.4 is 4.57 Å². The lowest BCUT2D eigenvalue weighted by atomic mass is 10.1. The van der Waals surface area contributed by atoms with Crippen LogP contribution in [0.5, 0.6) is 0 Å². The van der Waals surface area contributed by atoms with Crippen molar-refractivity contribution in [3.8, 4) is 0 Å². The molecular formula is C9H10NS2+. The molecule has 0 saturated carbocycles. The van der Waals surface area contributed by atoms with Gasteiger partial charge in [0.25, 0.3) is 5.03 Å². The van der Waals surface area contributed by atoms with E-state index in [2.05, 4.69) is 42.0 Å². The first-order valence-corrected chi connectivity index (χ1v) is 4.79. The van der Waals surface area contributed by atoms with E-state index in [1.807, 2.05) is 12.3 Å². The van der Waals surface area contributed by atoms with E-state index < -0.39 is 0 Å². The fourth-order valence-electron chi connectivity index (χ4n) is 1.39. The van der Waals surface area contributed by atoms with E-state index in [1.54, 1.807) is 0 Å². The second-order valence-electron chi connectivity index (χ2n) is 2.83. The number of aromatic nitrogens is 1. The molecule has 1 aromatic rings. The van der Waals surface area contributed by atoms with Gasteiger partial charge in [-0.3, -0.25) is 0 Å². The molecule has 0 atom stereocenters. The van der Waals surface area contributed by atoms with Crippen molar-refractivity contribution < 1.29 is 4.57 Å². The molecule has 0 radical (unpaired) electrons. The van der Waals surface area contributed by atoms with Gasteiger partial charge in [-0.05, 0) is 6.42 Å². The predicted octanol–water partition coefficient (Wildman–Crippen LogP) is 1.91. The predicted molar refractivity (Wildman–Crippen MR) is 56.1 cm³/mol. The van der Waals surface area contributed by atoms with Crippen molar-refractivity contribution in [1.82, 2.24) is 0 Å². The van der Waals surface area contributed by atoms with Gasteiger partial charge in [0.15, 0.2) is 11.9 Å². The Kier molecular flexibility index (Phi) is 2.15. The first kappa shape index (κ1) is 8.20. The average Bonchev–Trinajstić information content (AvgIpc) is 2.12. The molecule has 1 aliphatic heterocycles. The summed E-state index contributed by atoms with van der Waals surface area (Å²) < 4.78 is 2.08. The molecular weight excluding hydrogens is 186 g/mol. The Labute approximate surface area is 82.9 Å². The molecule has 0 bridgehead atoms. The number of pyridine rings is 1. The van der Waals surface area contributed by atoms with Crippen LogP contribution in [0.1, 0.15) is 12.1 Å². The van der Waals surface area contributed by atoms with E-state index in [1.165, 1.54) is 5.69 Å². The van der Waals surface area contributed by atoms with Crippen LogP contribution in [0.15, 0.2) is 29.3 Å². The first-order valence-electron chi connectivity index (χ1n) is 3.90. The quantitative estimate of drug-likeness (QED) is 0.461. The zero-order chi connectivity index (χ0) is 8.55. The second kappa shape index (κ2) is 3.15. The molecule has 0 aromatic carbocycles. The van der Waals surface area contributed by atoms with Crippen LogP contribution in [0.4, 0.5) is 0 Å². The van der Waals surface area contributed by atoms with Crippen LogP contribution in [0.2, 0.25) is 0 Å². The van der Waals surface area contributed by atoms with Gasteiger partial charge in [-0.1, -0.05) is 18.7 Å². The number of thiol groups is 2. The van der Waals surface area contributed by atoms with Gasteiger partial charge in [0, 0.05) is 18.6 Å². The lowest BCUT2D eigenvalue weighted by molar-refractivity contribution is -0.584. The van der Waals surface area contributed by atoms with Gasteiger partial charge in [0.2, 0.25) is 0 Å². The van der Waals surface area contributed by atoms with E-state index in [0.717, 1.165) is 22.8 Å². The average molecular weight is 196 g/mol. The summed E-state index contributed by atoms with van der Waals surface area (Å²) in [7, 11) is 0. The van der Waals surface area contributed by atoms with Gasteiger partial charge in [-0.15, -0.1) is 12.6 Å². The molecule has 3 heteroatoms. The normalized spacial score (nSPS) is 16.2. The van der Waals surface area contributed by atoms with Gasteiger partial charge in [-0.2, -0.15) is 4.57 Å². The molecule has 0 saturated heterocycles. The molecule has 0 unspecified atom stereocenters. The summed E-state index contributed by atoms with van der Waals surface area (Å²) in [5, 5.41) is 0.959. The number of hydrogen-bond acceptors (Lipinski definition) is 2. The van der Waals surface area contributed by atoms with Gasteiger partial charge >= 0.3 is 0 Å². The first-order chi connectivity index (χ1) is 5.79. The molecule has 0 aliphatic carbocycles. The molecule has 62 valence electrons. The Morgan fingerprint density at radius 2 is 2.00 bits per heavy atom. The fourth-order valence-corrected chi connectivity index (χ4v) is 1.91. The van der Waals surface area contributed by atoms with Crippen molar-refractivity contribution >= 4 is 30.3 Å². The van der Waals surface area contributed by atoms with Crippen LogP contribution in [0, 0.1) is 0 Å². The van der Waals surface area contributed by atoms with Gasteiger partial charge in [-0.25, -0.2) is 0 Å². The summed E-state index contributed by atoms with van der Waals surface area (Å²) >= 11 is 8.76. The minimum absolute atomic E-state index is 0.959. The summed E-state index contributed by atoms with van der Waals surface area (Å²) in [5.41, 5.74) is 1.31. The number of hydrogen-bond donors (Lipinski definition) is 2. The maximum Gasteiger partial charge on any atom is 0.251 e. The highest BCUT2D eigenvalue weighted by atomic mass is 32.1. The number of nitrogens with zero attached hydrogens (tertiary/aromatic N) is 1. The molecule has 0 amide bonds. The van der Waals surface area contributed by atoms with Crippen LogP contribution in [0.25, 0.3) is 5.03 Å². The molecule has 2 rings (SSSR count). The Hall–Kier alpha value is -0.410. The number of allylic oxidation sites excluding steroid dienone is 1. The molecule has 0 spiro atoms. The minimum Gasteiger partial charge on any atom is -0.158 e. The summed E-state index contributed by atoms with van der Waals surface area (Å²) in [4.78, 5) is 1.07. The zero-order valence-electron chi connectivity index (χ0n) is 6.57. The molecule has 0 fully saturated rings. The lowest BCUT2D eigenvalue weighted by Crippen LogP contribution is -2.37. The molecule has 2 heterocycles. The van der Waals surface area contributed by atoms with E-state index in [9.17, 15) is 0 Å². The van der Waals surface area contributed by atoms with Gasteiger partial charge < -0.3 is 0 Å². The number of fused-ring (bicyclic) bond motifs is 1. The van der Waals surface area contributed by atoms with Crippen LogP contribution in [-0.2, 0) is 6.42 Å². The minimum atomic E-state index is 0.959. The molecule has 1 aromatic heterocycles. The summed E-state index contributed by atoms with van der Waals surface area (Å²) in [5.74, 6) is 0. The monoisotopic (exact) mass is 196 g/mol. The number of rotatable bonds is 0. The Morgan fingerprint density at radius 1 is 1.17 bits per heavy atom. The summed E-state index contributed by atoms with van der Waals surface area (Å²) in [6.45, 7) is 0. The largest absolute Gasteiger partial charge is 0.251 e. The third-order valence-electron chi connectivity index (χ3n) is 2.05. The van der Waals surface area contributed by atoms with E-state index in [0.29, 0.717) is 0 Å². The van der Waals surface area contributed by atoms with Crippen molar-refractivity contribution in [1.29, 1.82) is 0 Å². The number of aryl methyl sites for hydroxylation is 1. The van der Waals surface area contributed by atoms with Crippen molar-refractivity contribution in [3.05, 3.63) is 35.0 Å². The molecule has 1 aliphatic rings. The Balaban J connectivity index is 2.59. The highest BCUT2D eigenvalue weighted by Crippen LogP contribution is 2.22. The Morgan fingerprint density at radius 3 is 2.83 bits per heavy atom. The molecule has 12 heavy (non-hydrogen) atoms. The van der Waals surface area contributed by atoms with Gasteiger partial charge in [0.05, 0.1) is 4.91 Å². The summed E-state index contributed by atoms with van der Waals surface area (Å²) in [6, 6.07) is 6.18. The second-order valence-corrected chi connectivity index (χ2v) is 3.80. The van der Waals surface area contributed by atoms with Crippen molar-refractivity contribution in [2.24, 2.45) is 0 Å². The van der Waals surface area contributed by atoms with Crippen molar-refractivity contribution in [2.45, 2.75) is 12.8 Å². The molecule has 0 N–H and O–H groups in total. The highest BCUT2D eigenvalue weighted by molar-refractivity contribution is 7.92. The fraction of sp³-hybridized carbons (Fsp3) is 0.222. The zero-order valence-corrected chi connectivity index (χ0v) is 8.35. The summed E-state index contributed by atoms with van der Waals surface area (Å²) in [6.07, 6.45) is 4.09. The van der Waals surface area contributed by atoms with Gasteiger partial charge in [0.1, 0.15) is 0 Å². The van der Waals surface area contributed by atoms with E-state index in [-0.39, 0.29) is 0 Å². The smallest absolute Gasteiger partial charge is 0.158 e. The maximum atomic E-state index is 4.40. The van der Waals surface area contributed by atoms with Crippen LogP contribution in [-0.4, -0.2) is 0 Å². The van der Waals surface area contributed by atoms with E-state index >= 15 is 0 Å². The van der Waals surface area contributed by atoms with Crippen LogP contribution >= 0.6 is 25.3 Å². The highest BCUT2D eigenvalue weighted by Gasteiger charge is 2.21.